The minimum atomic E-state index is -0.861. The number of carbonyl (C=O) groups is 7. The predicted molar refractivity (Wildman–Crippen MR) is 263 cm³/mol. The molecule has 17 nitrogen and oxygen atoms in total. The maximum atomic E-state index is 14.4. The Bertz CT molecular complexity index is 1990. The van der Waals surface area contributed by atoms with E-state index in [-0.39, 0.29) is 124 Å². The smallest absolute Gasteiger partial charge is 0.308 e. The molecule has 0 saturated carbocycles. The highest BCUT2D eigenvalue weighted by Crippen LogP contribution is 2.33. The Labute approximate surface area is 416 Å². The Hall–Kier alpha value is -4.27. The van der Waals surface area contributed by atoms with E-state index in [1.54, 1.807) is 36.4 Å². The van der Waals surface area contributed by atoms with E-state index in [2.05, 4.69) is 15.2 Å². The van der Waals surface area contributed by atoms with Crippen molar-refractivity contribution in [3.8, 4) is 0 Å². The Morgan fingerprint density at radius 2 is 1.61 bits per heavy atom. The van der Waals surface area contributed by atoms with Crippen molar-refractivity contribution in [1.82, 2.24) is 25.0 Å². The van der Waals surface area contributed by atoms with E-state index in [1.807, 2.05) is 59.2 Å². The van der Waals surface area contributed by atoms with Gasteiger partial charge in [-0.15, -0.1) is 11.3 Å². The van der Waals surface area contributed by atoms with Crippen LogP contribution in [0.4, 0.5) is 0 Å². The number of likely N-dealkylation sites (tertiary alicyclic amines) is 2. The van der Waals surface area contributed by atoms with Crippen LogP contribution in [0.3, 0.4) is 0 Å². The Kier molecular flexibility index (Phi) is 24.2. The fraction of sp³-hybridized carbons (Fsp3) is 0.680. The topological polar surface area (TPSA) is 200 Å². The van der Waals surface area contributed by atoms with Gasteiger partial charge in [0.1, 0.15) is 16.8 Å². The Morgan fingerprint density at radius 1 is 0.942 bits per heavy atom. The lowest BCUT2D eigenvalue weighted by molar-refractivity contribution is -0.152. The average molecular weight is 1000 g/mol. The number of rotatable bonds is 30. The summed E-state index contributed by atoms with van der Waals surface area (Å²) in [4.78, 5) is 101. The summed E-state index contributed by atoms with van der Waals surface area (Å²) in [5, 5.41) is 4.59. The van der Waals surface area contributed by atoms with Gasteiger partial charge in [-0.3, -0.25) is 43.4 Å². The van der Waals surface area contributed by atoms with Gasteiger partial charge in [0.25, 0.3) is 5.91 Å². The number of Topliss-reactive ketones (excluding diaryl/α,β-unsaturated/α-hetero) is 1. The van der Waals surface area contributed by atoms with Gasteiger partial charge in [-0.2, -0.15) is 11.8 Å². The molecule has 1 aromatic carbocycles. The number of thiazole rings is 1. The molecule has 2 fully saturated rings. The first-order valence-corrected chi connectivity index (χ1v) is 26.4. The Balaban J connectivity index is 1.30. The number of thioether (sulfide) groups is 1. The average Bonchev–Trinajstić information content (AvgIpc) is 3.93. The molecule has 1 unspecified atom stereocenters. The number of benzene rings is 1. The highest BCUT2D eigenvalue weighted by molar-refractivity contribution is 8.00. The van der Waals surface area contributed by atoms with Crippen LogP contribution in [0.25, 0.3) is 0 Å². The van der Waals surface area contributed by atoms with Crippen molar-refractivity contribution in [3.63, 3.8) is 0 Å². The van der Waals surface area contributed by atoms with E-state index in [9.17, 15) is 33.6 Å². The largest absolute Gasteiger partial charge is 0.455 e. The summed E-state index contributed by atoms with van der Waals surface area (Å²) >= 11 is 2.54. The fourth-order valence-corrected chi connectivity index (χ4v) is 10.2. The number of nitrogens with one attached hydrogen (secondary N) is 1. The maximum absolute atomic E-state index is 14.4. The molecular formula is C50H75N5O12S2. The van der Waals surface area contributed by atoms with Gasteiger partial charge in [0.15, 0.2) is 11.9 Å². The minimum Gasteiger partial charge on any atom is -0.455 e. The van der Waals surface area contributed by atoms with E-state index in [0.717, 1.165) is 32.2 Å². The number of imide groups is 1. The van der Waals surface area contributed by atoms with Gasteiger partial charge in [-0.1, -0.05) is 70.9 Å². The molecule has 2 saturated heterocycles. The third kappa shape index (κ3) is 17.5. The number of ether oxygens (including phenoxy) is 5. The molecule has 8 atom stereocenters. The summed E-state index contributed by atoms with van der Waals surface area (Å²) in [6.45, 7) is 13.5. The highest BCUT2D eigenvalue weighted by atomic mass is 32.2. The third-order valence-electron chi connectivity index (χ3n) is 13.0. The Morgan fingerprint density at radius 3 is 2.22 bits per heavy atom. The third-order valence-corrected chi connectivity index (χ3v) is 14.8. The fourth-order valence-electron chi connectivity index (χ4n) is 8.70. The van der Waals surface area contributed by atoms with E-state index < -0.39 is 42.0 Å². The van der Waals surface area contributed by atoms with Gasteiger partial charge in [-0.25, -0.2) is 4.98 Å². The summed E-state index contributed by atoms with van der Waals surface area (Å²) in [6.07, 6.45) is 4.26. The van der Waals surface area contributed by atoms with Crippen LogP contribution in [0.1, 0.15) is 126 Å². The van der Waals surface area contributed by atoms with E-state index >= 15 is 0 Å². The van der Waals surface area contributed by atoms with Crippen LogP contribution in [-0.4, -0.2) is 157 Å². The number of ketones is 1. The van der Waals surface area contributed by atoms with E-state index in [4.69, 9.17) is 23.7 Å². The van der Waals surface area contributed by atoms with Crippen molar-refractivity contribution in [2.75, 3.05) is 73.1 Å². The first kappa shape index (κ1) is 57.3. The zero-order valence-corrected chi connectivity index (χ0v) is 43.6. The summed E-state index contributed by atoms with van der Waals surface area (Å²) in [6, 6.07) is 7.81. The second-order valence-corrected chi connectivity index (χ2v) is 20.2. The zero-order chi connectivity index (χ0) is 50.6. The van der Waals surface area contributed by atoms with Crippen molar-refractivity contribution in [2.24, 2.45) is 17.8 Å². The molecule has 0 bridgehead atoms. The lowest BCUT2D eigenvalue weighted by Crippen LogP contribution is -2.48. The van der Waals surface area contributed by atoms with Crippen LogP contribution in [-0.2, 0) is 52.5 Å². The number of esters is 2. The van der Waals surface area contributed by atoms with Crippen LogP contribution in [0.2, 0.25) is 0 Å². The summed E-state index contributed by atoms with van der Waals surface area (Å²) in [7, 11) is 3.73. The first-order valence-electron chi connectivity index (χ1n) is 24.2. The van der Waals surface area contributed by atoms with Gasteiger partial charge >= 0.3 is 11.9 Å². The molecule has 1 N–H and O–H groups in total. The normalized spacial score (nSPS) is 19.1. The second kappa shape index (κ2) is 29.2. The van der Waals surface area contributed by atoms with Crippen LogP contribution in [0.15, 0.2) is 35.7 Å². The molecule has 19 heteroatoms. The van der Waals surface area contributed by atoms with Crippen LogP contribution in [0.5, 0.6) is 0 Å². The predicted octanol–water partition coefficient (Wildman–Crippen LogP) is 6.06. The highest BCUT2D eigenvalue weighted by Gasteiger charge is 2.39. The molecule has 4 rings (SSSR count). The number of amides is 4. The SMILES string of the molecule is CC[C@H](C)[C@H](CC(=O)[C@H]1CCCCN1C)C(=O)N(C)[C@H](C[C@@H](OC(C)=O)c1nc(C(=O)N[C@H](C)[C@@H](OC(=O)CCOCCOCCOCCN2C(=O)CC(SC)C2=O)c2ccccc2)cs1)C(C)C. The molecule has 2 aromatic rings. The first-order chi connectivity index (χ1) is 33.0. The van der Waals surface area contributed by atoms with Crippen LogP contribution >= 0.6 is 23.1 Å². The number of hydrogen-bond donors (Lipinski definition) is 1. The van der Waals surface area contributed by atoms with E-state index in [0.29, 0.717) is 17.2 Å². The summed E-state index contributed by atoms with van der Waals surface area (Å²) < 4.78 is 28.4. The number of aromatic nitrogens is 1. The molecule has 1 aromatic heterocycles. The minimum absolute atomic E-state index is 0.0259. The number of likely N-dealkylation sites (N-methyl/N-ethyl adjacent to an activating group) is 1. The van der Waals surface area contributed by atoms with E-state index in [1.165, 1.54) is 34.9 Å². The van der Waals surface area contributed by atoms with Crippen molar-refractivity contribution in [3.05, 3.63) is 52.0 Å². The lowest BCUT2D eigenvalue weighted by atomic mass is 9.83. The molecule has 69 heavy (non-hydrogen) atoms. The summed E-state index contributed by atoms with van der Waals surface area (Å²) in [5.74, 6) is -2.54. The molecule has 0 aliphatic carbocycles. The van der Waals surface area contributed by atoms with Gasteiger partial charge in [0, 0.05) is 50.6 Å². The van der Waals surface area contributed by atoms with Crippen molar-refractivity contribution >= 4 is 64.4 Å². The van der Waals surface area contributed by atoms with Crippen molar-refractivity contribution in [1.29, 1.82) is 0 Å². The quantitative estimate of drug-likeness (QED) is 0.0538. The number of hydrogen-bond acceptors (Lipinski definition) is 16. The van der Waals surface area contributed by atoms with Gasteiger partial charge in [0.05, 0.1) is 69.9 Å². The number of nitrogens with zero attached hydrogens (tertiary/aromatic N) is 4. The van der Waals surface area contributed by atoms with Crippen LogP contribution in [0, 0.1) is 17.8 Å². The molecule has 4 amide bonds. The lowest BCUT2D eigenvalue weighted by Gasteiger charge is -2.37. The van der Waals surface area contributed by atoms with Crippen molar-refractivity contribution < 1.29 is 57.2 Å². The molecular weight excluding hydrogens is 927 g/mol. The molecule has 384 valence electrons. The monoisotopic (exact) mass is 1000 g/mol. The molecule has 0 radical (unpaired) electrons. The molecule has 2 aliphatic rings. The van der Waals surface area contributed by atoms with Gasteiger partial charge in [-0.05, 0) is 57.0 Å². The number of carbonyl (C=O) groups excluding carboxylic acids is 7. The van der Waals surface area contributed by atoms with Gasteiger partial charge in [0.2, 0.25) is 17.7 Å². The standard InChI is InChI=1S/C50H75N5O12S2/c1-10-33(4)37(28-41(57)39-18-14-15-20-53(39)7)49(61)54(8)40(32(2)3)29-42(66-35(6)56)48-52-38(31-69-48)47(60)51-34(5)46(36-16-12-11-13-17-36)67-45(59)19-22-63-24-26-65-27-25-64-23-21-55-44(58)30-43(68-9)50(55)62/h11-13,16-17,31-34,37,39-40,42-43,46H,10,14-15,18-30H2,1-9H3,(H,51,60)/t33-,34+,37-,39+,40+,42+,43?,46+/m0/s1. The second-order valence-electron chi connectivity index (χ2n) is 18.3. The molecule has 3 heterocycles. The van der Waals surface area contributed by atoms with Crippen LogP contribution < -0.4 is 5.32 Å². The zero-order valence-electron chi connectivity index (χ0n) is 42.0. The number of piperidine rings is 1. The van der Waals surface area contributed by atoms with Gasteiger partial charge < -0.3 is 33.9 Å². The summed E-state index contributed by atoms with van der Waals surface area (Å²) in [5.41, 5.74) is 0.763. The maximum Gasteiger partial charge on any atom is 0.308 e. The molecule has 0 spiro atoms. The molecule has 2 aliphatic heterocycles. The van der Waals surface area contributed by atoms with Crippen molar-refractivity contribution in [2.45, 2.75) is 128 Å².